The molecule has 1 heterocycles. The Balaban J connectivity index is 2.18. The molecular formula is C12H12ClN3O. The Kier molecular flexibility index (Phi) is 3.44. The van der Waals surface area contributed by atoms with E-state index in [2.05, 4.69) is 9.97 Å². The first-order chi connectivity index (χ1) is 8.15. The molecule has 1 aromatic heterocycles. The summed E-state index contributed by atoms with van der Waals surface area (Å²) in [4.78, 5) is 9.71. The number of hydrogen-bond donors (Lipinski definition) is 0. The van der Waals surface area contributed by atoms with Gasteiger partial charge in [-0.15, -0.1) is 0 Å². The smallest absolute Gasteiger partial charge is 0.222 e. The highest BCUT2D eigenvalue weighted by Crippen LogP contribution is 2.24. The summed E-state index contributed by atoms with van der Waals surface area (Å²) in [5.74, 6) is 1.30. The Morgan fingerprint density at radius 2 is 1.82 bits per heavy atom. The van der Waals surface area contributed by atoms with E-state index in [9.17, 15) is 0 Å². The number of nitrogens with zero attached hydrogens (tertiary/aromatic N) is 3. The van der Waals surface area contributed by atoms with Gasteiger partial charge in [0.15, 0.2) is 5.75 Å². The summed E-state index contributed by atoms with van der Waals surface area (Å²) in [6.07, 6.45) is 3.08. The molecule has 0 bridgehead atoms. The van der Waals surface area contributed by atoms with E-state index in [1.54, 1.807) is 0 Å². The van der Waals surface area contributed by atoms with Crippen LogP contribution in [0.3, 0.4) is 0 Å². The van der Waals surface area contributed by atoms with E-state index in [0.29, 0.717) is 5.75 Å². The maximum absolute atomic E-state index is 5.61. The van der Waals surface area contributed by atoms with Crippen LogP contribution >= 0.6 is 11.6 Å². The number of hydrogen-bond acceptors (Lipinski definition) is 4. The van der Waals surface area contributed by atoms with E-state index in [0.717, 1.165) is 11.4 Å². The van der Waals surface area contributed by atoms with Crippen LogP contribution in [0.4, 0.5) is 5.69 Å². The second kappa shape index (κ2) is 5.01. The number of benzene rings is 1. The van der Waals surface area contributed by atoms with Gasteiger partial charge in [-0.1, -0.05) is 6.07 Å². The number of halogens is 1. The molecule has 0 amide bonds. The molecule has 1 aromatic carbocycles. The second-order valence-corrected chi connectivity index (χ2v) is 4.02. The molecule has 0 N–H and O–H groups in total. The number of anilines is 1. The van der Waals surface area contributed by atoms with Crippen LogP contribution in [0.5, 0.6) is 11.5 Å². The van der Waals surface area contributed by atoms with Crippen LogP contribution in [0.1, 0.15) is 0 Å². The highest BCUT2D eigenvalue weighted by molar-refractivity contribution is 6.28. The van der Waals surface area contributed by atoms with Crippen molar-refractivity contribution in [3.05, 3.63) is 41.9 Å². The third kappa shape index (κ3) is 3.07. The van der Waals surface area contributed by atoms with Crippen molar-refractivity contribution in [3.8, 4) is 11.5 Å². The lowest BCUT2D eigenvalue weighted by atomic mass is 10.3. The van der Waals surface area contributed by atoms with Gasteiger partial charge in [0.25, 0.3) is 0 Å². The van der Waals surface area contributed by atoms with Gasteiger partial charge in [-0.25, -0.2) is 9.97 Å². The van der Waals surface area contributed by atoms with E-state index >= 15 is 0 Å². The fourth-order valence-electron chi connectivity index (χ4n) is 1.31. The molecule has 0 radical (unpaired) electrons. The van der Waals surface area contributed by atoms with Gasteiger partial charge in [-0.2, -0.15) is 0 Å². The van der Waals surface area contributed by atoms with E-state index in [1.165, 1.54) is 12.4 Å². The van der Waals surface area contributed by atoms with Crippen LogP contribution in [-0.2, 0) is 0 Å². The molecule has 0 aliphatic rings. The summed E-state index contributed by atoms with van der Waals surface area (Å²) in [6, 6.07) is 7.75. The minimum absolute atomic E-state index is 0.208. The third-order valence-corrected chi connectivity index (χ3v) is 2.36. The fraction of sp³-hybridized carbons (Fsp3) is 0.167. The maximum atomic E-state index is 5.61. The van der Waals surface area contributed by atoms with Gasteiger partial charge >= 0.3 is 0 Å². The lowest BCUT2D eigenvalue weighted by Gasteiger charge is -2.13. The van der Waals surface area contributed by atoms with E-state index in [-0.39, 0.29) is 5.28 Å². The lowest BCUT2D eigenvalue weighted by molar-refractivity contribution is 0.477. The molecule has 4 nitrogen and oxygen atoms in total. The average molecular weight is 250 g/mol. The predicted octanol–water partition coefficient (Wildman–Crippen LogP) is 2.99. The normalized spacial score (nSPS) is 10.1. The molecule has 0 saturated carbocycles. The lowest BCUT2D eigenvalue weighted by Crippen LogP contribution is -2.08. The summed E-state index contributed by atoms with van der Waals surface area (Å²) < 4.78 is 5.61. The first-order valence-corrected chi connectivity index (χ1v) is 5.46. The van der Waals surface area contributed by atoms with Gasteiger partial charge in [0, 0.05) is 25.8 Å². The molecule has 88 valence electrons. The predicted molar refractivity (Wildman–Crippen MR) is 67.9 cm³/mol. The van der Waals surface area contributed by atoms with Crippen molar-refractivity contribution in [3.63, 3.8) is 0 Å². The fourth-order valence-corrected chi connectivity index (χ4v) is 1.41. The van der Waals surface area contributed by atoms with Gasteiger partial charge < -0.3 is 9.64 Å². The minimum atomic E-state index is 0.208. The first kappa shape index (κ1) is 11.7. The largest absolute Gasteiger partial charge is 0.454 e. The Morgan fingerprint density at radius 1 is 1.12 bits per heavy atom. The Bertz CT molecular complexity index is 499. The van der Waals surface area contributed by atoms with Crippen molar-refractivity contribution in [1.29, 1.82) is 0 Å². The molecule has 0 saturated heterocycles. The molecule has 2 aromatic rings. The molecule has 0 spiro atoms. The summed E-state index contributed by atoms with van der Waals surface area (Å²) >= 11 is 5.60. The van der Waals surface area contributed by atoms with Crippen molar-refractivity contribution in [2.75, 3.05) is 19.0 Å². The number of ether oxygens (including phenoxy) is 1. The number of rotatable bonds is 3. The minimum Gasteiger partial charge on any atom is -0.454 e. The van der Waals surface area contributed by atoms with Crippen molar-refractivity contribution in [2.45, 2.75) is 0 Å². The average Bonchev–Trinajstić information content (AvgIpc) is 2.32. The molecule has 0 fully saturated rings. The third-order valence-electron chi connectivity index (χ3n) is 2.17. The highest BCUT2D eigenvalue weighted by Gasteiger charge is 2.01. The van der Waals surface area contributed by atoms with Crippen LogP contribution < -0.4 is 9.64 Å². The molecule has 0 aliphatic heterocycles. The standard InChI is InChI=1S/C12H12ClN3O/c1-16(2)9-4-3-5-10(6-9)17-11-7-14-12(13)15-8-11/h3-8H,1-2H3. The van der Waals surface area contributed by atoms with Crippen LogP contribution in [0.2, 0.25) is 5.28 Å². The Labute approximate surface area is 105 Å². The van der Waals surface area contributed by atoms with Crippen LogP contribution in [0, 0.1) is 0 Å². The van der Waals surface area contributed by atoms with Crippen molar-refractivity contribution in [1.82, 2.24) is 9.97 Å². The van der Waals surface area contributed by atoms with Gasteiger partial charge in [0.2, 0.25) is 5.28 Å². The SMILES string of the molecule is CN(C)c1cccc(Oc2cnc(Cl)nc2)c1. The molecular weight excluding hydrogens is 238 g/mol. The molecule has 0 aliphatic carbocycles. The Morgan fingerprint density at radius 3 is 2.47 bits per heavy atom. The van der Waals surface area contributed by atoms with Crippen LogP contribution in [0.15, 0.2) is 36.7 Å². The zero-order chi connectivity index (χ0) is 12.3. The van der Waals surface area contributed by atoms with E-state index in [1.807, 2.05) is 43.3 Å². The summed E-state index contributed by atoms with van der Waals surface area (Å²) in [6.45, 7) is 0. The zero-order valence-electron chi connectivity index (χ0n) is 9.59. The van der Waals surface area contributed by atoms with Gasteiger partial charge in [-0.05, 0) is 23.7 Å². The van der Waals surface area contributed by atoms with Gasteiger partial charge in [0.1, 0.15) is 5.75 Å². The first-order valence-electron chi connectivity index (χ1n) is 5.08. The van der Waals surface area contributed by atoms with Crippen LogP contribution in [0.25, 0.3) is 0 Å². The van der Waals surface area contributed by atoms with E-state index in [4.69, 9.17) is 16.3 Å². The summed E-state index contributed by atoms with van der Waals surface area (Å²) in [7, 11) is 3.95. The molecule has 0 unspecified atom stereocenters. The second-order valence-electron chi connectivity index (χ2n) is 3.68. The van der Waals surface area contributed by atoms with Gasteiger partial charge in [0.05, 0.1) is 12.4 Å². The van der Waals surface area contributed by atoms with Crippen LogP contribution in [-0.4, -0.2) is 24.1 Å². The highest BCUT2D eigenvalue weighted by atomic mass is 35.5. The summed E-state index contributed by atoms with van der Waals surface area (Å²) in [5.41, 5.74) is 1.07. The molecule has 2 rings (SSSR count). The molecule has 17 heavy (non-hydrogen) atoms. The van der Waals surface area contributed by atoms with Gasteiger partial charge in [-0.3, -0.25) is 0 Å². The van der Waals surface area contributed by atoms with Crippen molar-refractivity contribution in [2.24, 2.45) is 0 Å². The maximum Gasteiger partial charge on any atom is 0.222 e. The number of aromatic nitrogens is 2. The Hall–Kier alpha value is -1.81. The van der Waals surface area contributed by atoms with Crippen molar-refractivity contribution >= 4 is 17.3 Å². The van der Waals surface area contributed by atoms with E-state index < -0.39 is 0 Å². The molecule has 0 atom stereocenters. The zero-order valence-corrected chi connectivity index (χ0v) is 10.3. The van der Waals surface area contributed by atoms with Crippen molar-refractivity contribution < 1.29 is 4.74 Å². The summed E-state index contributed by atoms with van der Waals surface area (Å²) in [5, 5.41) is 0.208. The quantitative estimate of drug-likeness (QED) is 0.784. The monoisotopic (exact) mass is 249 g/mol. The topological polar surface area (TPSA) is 38.2 Å². The molecule has 5 heteroatoms.